The summed E-state index contributed by atoms with van der Waals surface area (Å²) in [6.45, 7) is 2.22. The fourth-order valence-electron chi connectivity index (χ4n) is 1.36. The summed E-state index contributed by atoms with van der Waals surface area (Å²) >= 11 is 0. The van der Waals surface area contributed by atoms with Gasteiger partial charge in [0.15, 0.2) is 11.5 Å². The molecule has 17 heavy (non-hydrogen) atoms. The van der Waals surface area contributed by atoms with Crippen LogP contribution >= 0.6 is 0 Å². The summed E-state index contributed by atoms with van der Waals surface area (Å²) in [5.74, 6) is 0.197. The molecule has 0 saturated carbocycles. The van der Waals surface area contributed by atoms with E-state index in [1.54, 1.807) is 25.1 Å². The molecule has 0 aliphatic carbocycles. The summed E-state index contributed by atoms with van der Waals surface area (Å²) in [7, 11) is 2.84. The molecule has 1 atom stereocenters. The van der Waals surface area contributed by atoms with Gasteiger partial charge >= 0.3 is 5.97 Å². The molecule has 0 aliphatic heterocycles. The third kappa shape index (κ3) is 3.64. The number of rotatable bonds is 5. The van der Waals surface area contributed by atoms with Crippen molar-refractivity contribution in [2.75, 3.05) is 14.2 Å². The van der Waals surface area contributed by atoms with Gasteiger partial charge < -0.3 is 19.9 Å². The van der Waals surface area contributed by atoms with E-state index in [1.807, 2.05) is 0 Å². The average molecular weight is 239 g/mol. The lowest BCUT2D eigenvalue weighted by atomic mass is 10.2. The molecule has 1 rings (SSSR count). The van der Waals surface area contributed by atoms with Crippen LogP contribution in [0.3, 0.4) is 0 Å². The summed E-state index contributed by atoms with van der Waals surface area (Å²) in [4.78, 5) is 11.2. The minimum Gasteiger partial charge on any atom is -0.504 e. The predicted octanol–water partition coefficient (Wildman–Crippen LogP) is 1.05. The second-order valence-electron chi connectivity index (χ2n) is 3.63. The monoisotopic (exact) mass is 239 g/mol. The van der Waals surface area contributed by atoms with Crippen LogP contribution in [0, 0.1) is 0 Å². The van der Waals surface area contributed by atoms with Crippen molar-refractivity contribution in [3.63, 3.8) is 0 Å². The van der Waals surface area contributed by atoms with Crippen LogP contribution in [-0.4, -0.2) is 31.3 Å². The highest BCUT2D eigenvalue weighted by Crippen LogP contribution is 2.26. The van der Waals surface area contributed by atoms with E-state index >= 15 is 0 Å². The molecule has 0 saturated heterocycles. The number of methoxy groups -OCH3 is 2. The zero-order chi connectivity index (χ0) is 12.8. The van der Waals surface area contributed by atoms with Crippen molar-refractivity contribution in [1.82, 2.24) is 5.32 Å². The van der Waals surface area contributed by atoms with E-state index in [9.17, 15) is 9.90 Å². The number of hydrogen-bond donors (Lipinski definition) is 2. The lowest BCUT2D eigenvalue weighted by molar-refractivity contribution is -0.142. The van der Waals surface area contributed by atoms with E-state index in [0.29, 0.717) is 12.3 Å². The van der Waals surface area contributed by atoms with E-state index in [0.717, 1.165) is 5.56 Å². The van der Waals surface area contributed by atoms with Crippen LogP contribution in [0.15, 0.2) is 18.2 Å². The lowest BCUT2D eigenvalue weighted by Crippen LogP contribution is -2.34. The zero-order valence-corrected chi connectivity index (χ0v) is 10.2. The Hall–Kier alpha value is -1.75. The third-order valence-electron chi connectivity index (χ3n) is 2.41. The molecule has 1 aromatic rings. The number of phenols is 1. The Morgan fingerprint density at radius 3 is 2.76 bits per heavy atom. The molecule has 0 bridgehead atoms. The third-order valence-corrected chi connectivity index (χ3v) is 2.41. The van der Waals surface area contributed by atoms with Gasteiger partial charge in [0.25, 0.3) is 0 Å². The Kier molecular flexibility index (Phi) is 4.78. The second kappa shape index (κ2) is 6.10. The van der Waals surface area contributed by atoms with Gasteiger partial charge in [-0.3, -0.25) is 4.79 Å². The maximum Gasteiger partial charge on any atom is 0.322 e. The van der Waals surface area contributed by atoms with Gasteiger partial charge in [0.2, 0.25) is 0 Å². The number of aromatic hydroxyl groups is 1. The molecular weight excluding hydrogens is 222 g/mol. The Morgan fingerprint density at radius 1 is 1.47 bits per heavy atom. The molecule has 0 radical (unpaired) electrons. The van der Waals surface area contributed by atoms with Gasteiger partial charge in [-0.05, 0) is 24.6 Å². The molecular formula is C12H17NO4. The zero-order valence-electron chi connectivity index (χ0n) is 10.2. The number of hydrogen-bond acceptors (Lipinski definition) is 5. The minimum absolute atomic E-state index is 0.0947. The van der Waals surface area contributed by atoms with Crippen molar-refractivity contribution in [2.24, 2.45) is 0 Å². The molecule has 1 aromatic carbocycles. The van der Waals surface area contributed by atoms with Crippen LogP contribution in [0.25, 0.3) is 0 Å². The summed E-state index contributed by atoms with van der Waals surface area (Å²) in [5, 5.41) is 12.4. The Morgan fingerprint density at radius 2 is 2.18 bits per heavy atom. The van der Waals surface area contributed by atoms with Crippen molar-refractivity contribution in [3.8, 4) is 11.5 Å². The van der Waals surface area contributed by atoms with Crippen molar-refractivity contribution < 1.29 is 19.4 Å². The van der Waals surface area contributed by atoms with Crippen LogP contribution < -0.4 is 10.1 Å². The van der Waals surface area contributed by atoms with Crippen molar-refractivity contribution in [3.05, 3.63) is 23.8 Å². The van der Waals surface area contributed by atoms with Gasteiger partial charge in [0.1, 0.15) is 6.04 Å². The van der Waals surface area contributed by atoms with E-state index in [1.165, 1.54) is 14.2 Å². The first-order chi connectivity index (χ1) is 8.08. The van der Waals surface area contributed by atoms with Crippen LogP contribution in [0.1, 0.15) is 12.5 Å². The molecule has 94 valence electrons. The Labute approximate surface area is 100 Å². The fraction of sp³-hybridized carbons (Fsp3) is 0.417. The van der Waals surface area contributed by atoms with Crippen molar-refractivity contribution in [1.29, 1.82) is 0 Å². The van der Waals surface area contributed by atoms with Crippen LogP contribution in [0.4, 0.5) is 0 Å². The standard InChI is InChI=1S/C12H17NO4/c1-8(12(15)17-3)13-7-9-4-5-10(14)11(6-9)16-2/h4-6,8,13-14H,7H2,1-3H3. The second-order valence-corrected chi connectivity index (χ2v) is 3.63. The van der Waals surface area contributed by atoms with Gasteiger partial charge in [-0.1, -0.05) is 6.07 Å². The molecule has 0 fully saturated rings. The number of carbonyl (C=O) groups is 1. The molecule has 0 aromatic heterocycles. The van der Waals surface area contributed by atoms with Gasteiger partial charge in [-0.15, -0.1) is 0 Å². The molecule has 5 nitrogen and oxygen atoms in total. The summed E-state index contributed by atoms with van der Waals surface area (Å²) in [6, 6.07) is 4.65. The predicted molar refractivity (Wildman–Crippen MR) is 63.0 cm³/mol. The molecule has 0 spiro atoms. The van der Waals surface area contributed by atoms with Crippen LogP contribution in [0.2, 0.25) is 0 Å². The minimum atomic E-state index is -0.375. The lowest BCUT2D eigenvalue weighted by Gasteiger charge is -2.12. The molecule has 5 heteroatoms. The SMILES string of the molecule is COC(=O)C(C)NCc1ccc(O)c(OC)c1. The normalized spacial score (nSPS) is 11.9. The van der Waals surface area contributed by atoms with E-state index in [-0.39, 0.29) is 17.8 Å². The molecule has 0 heterocycles. The van der Waals surface area contributed by atoms with Crippen LogP contribution in [-0.2, 0) is 16.1 Å². The van der Waals surface area contributed by atoms with Crippen LogP contribution in [0.5, 0.6) is 11.5 Å². The highest BCUT2D eigenvalue weighted by atomic mass is 16.5. The van der Waals surface area contributed by atoms with E-state index in [2.05, 4.69) is 10.1 Å². The van der Waals surface area contributed by atoms with Gasteiger partial charge in [-0.25, -0.2) is 0 Å². The maximum atomic E-state index is 11.2. The summed E-state index contributed by atoms with van der Waals surface area (Å²) in [5.41, 5.74) is 0.912. The first kappa shape index (κ1) is 13.3. The quantitative estimate of drug-likeness (QED) is 0.752. The Bertz CT molecular complexity index is 392. The number of benzene rings is 1. The van der Waals surface area contributed by atoms with Gasteiger partial charge in [-0.2, -0.15) is 0 Å². The first-order valence-corrected chi connectivity index (χ1v) is 5.25. The summed E-state index contributed by atoms with van der Waals surface area (Å²) in [6.07, 6.45) is 0. The van der Waals surface area contributed by atoms with E-state index in [4.69, 9.17) is 4.74 Å². The number of ether oxygens (including phenoxy) is 2. The maximum absolute atomic E-state index is 11.2. The fourth-order valence-corrected chi connectivity index (χ4v) is 1.36. The molecule has 0 aliphatic rings. The Balaban J connectivity index is 2.60. The summed E-state index contributed by atoms with van der Waals surface area (Å²) < 4.78 is 9.59. The molecule has 2 N–H and O–H groups in total. The highest BCUT2D eigenvalue weighted by molar-refractivity contribution is 5.75. The highest BCUT2D eigenvalue weighted by Gasteiger charge is 2.12. The van der Waals surface area contributed by atoms with Gasteiger partial charge in [0.05, 0.1) is 14.2 Å². The number of carbonyl (C=O) groups excluding carboxylic acids is 1. The number of nitrogens with one attached hydrogen (secondary N) is 1. The van der Waals surface area contributed by atoms with Gasteiger partial charge in [0, 0.05) is 6.54 Å². The first-order valence-electron chi connectivity index (χ1n) is 5.25. The van der Waals surface area contributed by atoms with Crippen molar-refractivity contribution >= 4 is 5.97 Å². The van der Waals surface area contributed by atoms with E-state index < -0.39 is 0 Å². The van der Waals surface area contributed by atoms with Crippen molar-refractivity contribution in [2.45, 2.75) is 19.5 Å². The molecule has 1 unspecified atom stereocenters. The number of phenolic OH excluding ortho intramolecular Hbond substituents is 1. The average Bonchev–Trinajstić information content (AvgIpc) is 2.36. The molecule has 0 amide bonds. The topological polar surface area (TPSA) is 67.8 Å². The number of esters is 1. The smallest absolute Gasteiger partial charge is 0.322 e. The largest absolute Gasteiger partial charge is 0.504 e.